The molecule has 0 amide bonds. The van der Waals surface area contributed by atoms with Gasteiger partial charge in [-0.05, 0) is 32.0 Å². The summed E-state index contributed by atoms with van der Waals surface area (Å²) in [6.07, 6.45) is 0.477. The van der Waals surface area contributed by atoms with Gasteiger partial charge in [0, 0.05) is 12.0 Å². The summed E-state index contributed by atoms with van der Waals surface area (Å²) in [4.78, 5) is -0.0910. The van der Waals surface area contributed by atoms with Crippen LogP contribution in [-0.4, -0.2) is 21.1 Å². The number of halogens is 2. The maximum Gasteiger partial charge on any atom is 0.242 e. The Labute approximate surface area is 163 Å². The number of rotatable bonds is 4. The smallest absolute Gasteiger partial charge is 0.242 e. The van der Waals surface area contributed by atoms with E-state index >= 15 is 0 Å². The van der Waals surface area contributed by atoms with Gasteiger partial charge in [-0.15, -0.1) is 0 Å². The number of nitrogens with one attached hydrogen (secondary N) is 1. The van der Waals surface area contributed by atoms with Gasteiger partial charge in [0.25, 0.3) is 0 Å². The molecule has 0 aromatic heterocycles. The molecular formula is C18H19Cl2NO4S. The summed E-state index contributed by atoms with van der Waals surface area (Å²) in [5.41, 5.74) is 0.272. The van der Waals surface area contributed by atoms with Crippen molar-refractivity contribution in [1.82, 2.24) is 4.72 Å². The highest BCUT2D eigenvalue weighted by atomic mass is 35.5. The number of methoxy groups -OCH3 is 1. The topological polar surface area (TPSA) is 64.6 Å². The minimum absolute atomic E-state index is 0.0600. The zero-order valence-corrected chi connectivity index (χ0v) is 16.9. The third kappa shape index (κ3) is 3.64. The summed E-state index contributed by atoms with van der Waals surface area (Å²) in [5, 5.41) is -0.0112. The number of para-hydroxylation sites is 1. The lowest BCUT2D eigenvalue weighted by molar-refractivity contribution is 0.0702. The molecule has 26 heavy (non-hydrogen) atoms. The van der Waals surface area contributed by atoms with Crippen LogP contribution in [0, 0.1) is 0 Å². The van der Waals surface area contributed by atoms with Crippen molar-refractivity contribution in [3.8, 4) is 11.5 Å². The number of sulfonamides is 1. The van der Waals surface area contributed by atoms with Crippen LogP contribution in [-0.2, 0) is 10.0 Å². The molecule has 0 saturated heterocycles. The van der Waals surface area contributed by atoms with E-state index in [2.05, 4.69) is 4.72 Å². The van der Waals surface area contributed by atoms with Gasteiger partial charge in [0.05, 0.1) is 18.2 Å². The van der Waals surface area contributed by atoms with Crippen molar-refractivity contribution >= 4 is 33.2 Å². The molecule has 2 aromatic rings. The van der Waals surface area contributed by atoms with Crippen LogP contribution in [0.1, 0.15) is 31.9 Å². The molecule has 1 unspecified atom stereocenters. The fraction of sp³-hybridized carbons (Fsp3) is 0.333. The summed E-state index contributed by atoms with van der Waals surface area (Å²) in [7, 11) is -2.47. The van der Waals surface area contributed by atoms with Crippen LogP contribution in [0.4, 0.5) is 0 Å². The van der Waals surface area contributed by atoms with Gasteiger partial charge in [0.2, 0.25) is 10.0 Å². The second kappa shape index (κ2) is 6.93. The Morgan fingerprint density at radius 3 is 2.54 bits per heavy atom. The standard InChI is InChI=1S/C18H19Cl2NO4S/c1-18(2)10-12(11-6-4-5-7-13(11)25-18)21-26(22,23)15-9-8-14(24-3)16(19)17(15)20/h4-9,12,21H,10H2,1-3H3. The van der Waals surface area contributed by atoms with E-state index in [0.717, 1.165) is 5.56 Å². The Kier molecular flexibility index (Phi) is 5.14. The van der Waals surface area contributed by atoms with Gasteiger partial charge in [-0.2, -0.15) is 0 Å². The highest BCUT2D eigenvalue weighted by Gasteiger charge is 2.36. The van der Waals surface area contributed by atoms with Crippen molar-refractivity contribution in [3.05, 3.63) is 52.0 Å². The fourth-order valence-corrected chi connectivity index (χ4v) is 5.09. The van der Waals surface area contributed by atoms with Crippen molar-refractivity contribution < 1.29 is 17.9 Å². The molecule has 0 aliphatic carbocycles. The largest absolute Gasteiger partial charge is 0.495 e. The maximum absolute atomic E-state index is 13.0. The van der Waals surface area contributed by atoms with Gasteiger partial charge in [0.1, 0.15) is 27.0 Å². The average molecular weight is 416 g/mol. The van der Waals surface area contributed by atoms with Crippen molar-refractivity contribution in [2.75, 3.05) is 7.11 Å². The van der Waals surface area contributed by atoms with E-state index in [1.807, 2.05) is 38.1 Å². The summed E-state index contributed by atoms with van der Waals surface area (Å²) in [6.45, 7) is 3.84. The quantitative estimate of drug-likeness (QED) is 0.793. The molecule has 8 heteroatoms. The van der Waals surface area contributed by atoms with Crippen LogP contribution in [0.15, 0.2) is 41.3 Å². The molecule has 1 atom stereocenters. The molecule has 140 valence electrons. The van der Waals surface area contributed by atoms with E-state index in [1.54, 1.807) is 0 Å². The molecule has 0 fully saturated rings. The third-order valence-electron chi connectivity index (χ3n) is 4.19. The first-order valence-corrected chi connectivity index (χ1v) is 10.2. The average Bonchev–Trinajstić information content (AvgIpc) is 2.55. The molecule has 1 aliphatic rings. The monoisotopic (exact) mass is 415 g/mol. The van der Waals surface area contributed by atoms with Crippen LogP contribution in [0.25, 0.3) is 0 Å². The van der Waals surface area contributed by atoms with E-state index in [0.29, 0.717) is 17.9 Å². The summed E-state index contributed by atoms with van der Waals surface area (Å²) in [5.74, 6) is 0.975. The number of ether oxygens (including phenoxy) is 2. The molecule has 5 nitrogen and oxygen atoms in total. The SMILES string of the molecule is COc1ccc(S(=O)(=O)NC2CC(C)(C)Oc3ccccc32)c(Cl)c1Cl. The summed E-state index contributed by atoms with van der Waals surface area (Å²) < 4.78 is 39.7. The lowest BCUT2D eigenvalue weighted by Crippen LogP contribution is -2.41. The Morgan fingerprint density at radius 1 is 1.15 bits per heavy atom. The van der Waals surface area contributed by atoms with Crippen molar-refractivity contribution in [2.24, 2.45) is 0 Å². The molecule has 3 rings (SSSR count). The molecule has 0 saturated carbocycles. The molecule has 2 aromatic carbocycles. The van der Waals surface area contributed by atoms with Gasteiger partial charge < -0.3 is 9.47 Å². The lowest BCUT2D eigenvalue weighted by Gasteiger charge is -2.37. The van der Waals surface area contributed by atoms with Crippen molar-refractivity contribution in [3.63, 3.8) is 0 Å². The second-order valence-electron chi connectivity index (χ2n) is 6.67. The maximum atomic E-state index is 13.0. The normalized spacial score (nSPS) is 18.7. The minimum Gasteiger partial charge on any atom is -0.495 e. The van der Waals surface area contributed by atoms with Crippen LogP contribution < -0.4 is 14.2 Å². The van der Waals surface area contributed by atoms with E-state index in [4.69, 9.17) is 32.7 Å². The van der Waals surface area contributed by atoms with Crippen LogP contribution in [0.5, 0.6) is 11.5 Å². The molecule has 1 N–H and O–H groups in total. The van der Waals surface area contributed by atoms with Gasteiger partial charge >= 0.3 is 0 Å². The Hall–Kier alpha value is -1.47. The number of benzene rings is 2. The first kappa shape index (κ1) is 19.3. The van der Waals surface area contributed by atoms with Gasteiger partial charge in [0.15, 0.2) is 0 Å². The first-order chi connectivity index (χ1) is 12.1. The lowest BCUT2D eigenvalue weighted by atomic mass is 9.90. The molecule has 1 heterocycles. The van der Waals surface area contributed by atoms with Crippen LogP contribution in [0.3, 0.4) is 0 Å². The molecular weight excluding hydrogens is 397 g/mol. The number of fused-ring (bicyclic) bond motifs is 1. The minimum atomic E-state index is -3.91. The van der Waals surface area contributed by atoms with Crippen molar-refractivity contribution in [1.29, 1.82) is 0 Å². The molecule has 1 aliphatic heterocycles. The zero-order chi connectivity index (χ0) is 19.1. The van der Waals surface area contributed by atoms with Gasteiger partial charge in [-0.3, -0.25) is 0 Å². The summed E-state index contributed by atoms with van der Waals surface area (Å²) >= 11 is 12.3. The van der Waals surface area contributed by atoms with E-state index in [9.17, 15) is 8.42 Å². The van der Waals surface area contributed by atoms with Crippen LogP contribution in [0.2, 0.25) is 10.0 Å². The Bertz CT molecular complexity index is 944. The molecule has 0 bridgehead atoms. The van der Waals surface area contributed by atoms with E-state index in [-0.39, 0.29) is 14.9 Å². The fourth-order valence-electron chi connectivity index (χ4n) is 3.04. The Morgan fingerprint density at radius 2 is 1.85 bits per heavy atom. The predicted molar refractivity (Wildman–Crippen MR) is 102 cm³/mol. The number of hydrogen-bond donors (Lipinski definition) is 1. The van der Waals surface area contributed by atoms with Crippen molar-refractivity contribution in [2.45, 2.75) is 36.8 Å². The Balaban J connectivity index is 1.99. The third-order valence-corrected chi connectivity index (χ3v) is 6.69. The van der Waals surface area contributed by atoms with E-state index < -0.39 is 21.7 Å². The first-order valence-electron chi connectivity index (χ1n) is 7.97. The molecule has 0 radical (unpaired) electrons. The highest BCUT2D eigenvalue weighted by molar-refractivity contribution is 7.89. The zero-order valence-electron chi connectivity index (χ0n) is 14.5. The predicted octanol–water partition coefficient (Wildman–Crippen LogP) is 4.58. The highest BCUT2D eigenvalue weighted by Crippen LogP contribution is 2.41. The number of hydrogen-bond acceptors (Lipinski definition) is 4. The van der Waals surface area contributed by atoms with Crippen LogP contribution >= 0.6 is 23.2 Å². The summed E-state index contributed by atoms with van der Waals surface area (Å²) in [6, 6.07) is 9.79. The molecule has 0 spiro atoms. The van der Waals surface area contributed by atoms with Gasteiger partial charge in [-0.1, -0.05) is 41.4 Å². The van der Waals surface area contributed by atoms with E-state index in [1.165, 1.54) is 19.2 Å². The second-order valence-corrected chi connectivity index (χ2v) is 9.11. The van der Waals surface area contributed by atoms with Gasteiger partial charge in [-0.25, -0.2) is 13.1 Å².